The lowest BCUT2D eigenvalue weighted by Crippen LogP contribution is -2.49. The van der Waals surface area contributed by atoms with Gasteiger partial charge in [-0.2, -0.15) is 0 Å². The predicted molar refractivity (Wildman–Crippen MR) is 75.5 cm³/mol. The van der Waals surface area contributed by atoms with Gasteiger partial charge in [-0.15, -0.1) is 0 Å². The Morgan fingerprint density at radius 1 is 1.50 bits per heavy atom. The highest BCUT2D eigenvalue weighted by Gasteiger charge is 2.31. The average molecular weight is 277 g/mol. The fraction of sp³-hybridized carbons (Fsp3) is 0.500. The molecule has 108 valence electrons. The van der Waals surface area contributed by atoms with Crippen LogP contribution in [0.4, 0.5) is 5.69 Å². The van der Waals surface area contributed by atoms with Crippen LogP contribution in [0.1, 0.15) is 29.3 Å². The van der Waals surface area contributed by atoms with Gasteiger partial charge in [-0.1, -0.05) is 19.1 Å². The number of hydrogen-bond donors (Lipinski definition) is 1. The summed E-state index contributed by atoms with van der Waals surface area (Å²) in [5.41, 5.74) is 6.52. The summed E-state index contributed by atoms with van der Waals surface area (Å²) in [6.07, 6.45) is 0.826. The number of amides is 1. The number of nitrogens with two attached hydrogens (primary N) is 1. The fourth-order valence-electron chi connectivity index (χ4n) is 2.53. The minimum absolute atomic E-state index is 0.0726. The number of rotatable bonds is 2. The van der Waals surface area contributed by atoms with Crippen molar-refractivity contribution < 1.29 is 9.72 Å². The van der Waals surface area contributed by atoms with E-state index in [-0.39, 0.29) is 23.2 Å². The molecule has 1 aromatic carbocycles. The van der Waals surface area contributed by atoms with Gasteiger partial charge in [0.15, 0.2) is 0 Å². The molecule has 0 spiro atoms. The van der Waals surface area contributed by atoms with Crippen molar-refractivity contribution in [3.8, 4) is 0 Å². The first-order valence-corrected chi connectivity index (χ1v) is 6.70. The molecule has 2 atom stereocenters. The molecule has 0 aliphatic carbocycles. The van der Waals surface area contributed by atoms with E-state index < -0.39 is 4.92 Å². The van der Waals surface area contributed by atoms with Crippen LogP contribution in [-0.2, 0) is 0 Å². The van der Waals surface area contributed by atoms with Crippen LogP contribution in [0.2, 0.25) is 0 Å². The molecular weight excluding hydrogens is 258 g/mol. The number of benzene rings is 1. The van der Waals surface area contributed by atoms with Crippen molar-refractivity contribution in [3.63, 3.8) is 0 Å². The van der Waals surface area contributed by atoms with Crippen molar-refractivity contribution >= 4 is 11.6 Å². The van der Waals surface area contributed by atoms with E-state index in [2.05, 4.69) is 6.92 Å². The van der Waals surface area contributed by atoms with E-state index in [1.807, 2.05) is 0 Å². The van der Waals surface area contributed by atoms with E-state index in [0.717, 1.165) is 6.42 Å². The standard InChI is InChI=1S/C14H19N3O3/c1-9-6-7-16(8-12(9)15)14(18)11-5-3-4-10(2)13(11)17(19)20/h3-5,9,12H,6-8,15H2,1-2H3. The topological polar surface area (TPSA) is 89.5 Å². The number of carbonyl (C=O) groups is 1. The highest BCUT2D eigenvalue weighted by molar-refractivity contribution is 5.98. The Bertz CT molecular complexity index is 544. The number of carbonyl (C=O) groups excluding carboxylic acids is 1. The summed E-state index contributed by atoms with van der Waals surface area (Å²) in [5, 5.41) is 11.2. The van der Waals surface area contributed by atoms with Gasteiger partial charge in [-0.3, -0.25) is 14.9 Å². The largest absolute Gasteiger partial charge is 0.337 e. The number of para-hydroxylation sites is 1. The smallest absolute Gasteiger partial charge is 0.285 e. The number of nitro groups is 1. The van der Waals surface area contributed by atoms with E-state index in [4.69, 9.17) is 5.73 Å². The van der Waals surface area contributed by atoms with Crippen LogP contribution in [0.15, 0.2) is 18.2 Å². The molecule has 20 heavy (non-hydrogen) atoms. The number of nitrogens with zero attached hydrogens (tertiary/aromatic N) is 2. The van der Waals surface area contributed by atoms with Crippen molar-refractivity contribution in [3.05, 3.63) is 39.4 Å². The lowest BCUT2D eigenvalue weighted by Gasteiger charge is -2.35. The molecule has 1 amide bonds. The summed E-state index contributed by atoms with van der Waals surface area (Å²) < 4.78 is 0. The Kier molecular flexibility index (Phi) is 4.04. The average Bonchev–Trinajstić information content (AvgIpc) is 2.40. The fourth-order valence-corrected chi connectivity index (χ4v) is 2.53. The van der Waals surface area contributed by atoms with Crippen molar-refractivity contribution in [2.75, 3.05) is 13.1 Å². The van der Waals surface area contributed by atoms with Gasteiger partial charge in [-0.05, 0) is 25.3 Å². The van der Waals surface area contributed by atoms with Gasteiger partial charge in [-0.25, -0.2) is 0 Å². The van der Waals surface area contributed by atoms with Gasteiger partial charge in [0.25, 0.3) is 11.6 Å². The monoisotopic (exact) mass is 277 g/mol. The molecule has 0 bridgehead atoms. The first-order chi connectivity index (χ1) is 9.41. The third-order valence-corrected chi connectivity index (χ3v) is 3.95. The van der Waals surface area contributed by atoms with Gasteiger partial charge in [0.05, 0.1) is 4.92 Å². The molecular formula is C14H19N3O3. The van der Waals surface area contributed by atoms with Gasteiger partial charge in [0, 0.05) is 24.7 Å². The maximum atomic E-state index is 12.5. The molecule has 1 aliphatic rings. The number of hydrogen-bond acceptors (Lipinski definition) is 4. The lowest BCUT2D eigenvalue weighted by molar-refractivity contribution is -0.385. The van der Waals surface area contributed by atoms with Crippen LogP contribution in [0.5, 0.6) is 0 Å². The highest BCUT2D eigenvalue weighted by atomic mass is 16.6. The van der Waals surface area contributed by atoms with Crippen LogP contribution in [-0.4, -0.2) is 34.9 Å². The van der Waals surface area contributed by atoms with E-state index in [0.29, 0.717) is 24.6 Å². The Balaban J connectivity index is 2.30. The van der Waals surface area contributed by atoms with Gasteiger partial charge in [0.2, 0.25) is 0 Å². The van der Waals surface area contributed by atoms with Gasteiger partial charge in [0.1, 0.15) is 5.56 Å². The summed E-state index contributed by atoms with van der Waals surface area (Å²) in [6, 6.07) is 4.74. The van der Waals surface area contributed by atoms with E-state index in [9.17, 15) is 14.9 Å². The molecule has 2 rings (SSSR count). The molecule has 0 saturated carbocycles. The Morgan fingerprint density at radius 2 is 2.20 bits per heavy atom. The van der Waals surface area contributed by atoms with E-state index >= 15 is 0 Å². The minimum atomic E-state index is -0.491. The Morgan fingerprint density at radius 3 is 2.80 bits per heavy atom. The van der Waals surface area contributed by atoms with Crippen molar-refractivity contribution in [2.45, 2.75) is 26.3 Å². The number of nitro benzene ring substituents is 1. The first-order valence-electron chi connectivity index (χ1n) is 6.70. The molecule has 6 nitrogen and oxygen atoms in total. The lowest BCUT2D eigenvalue weighted by atomic mass is 9.93. The summed E-state index contributed by atoms with van der Waals surface area (Å²) in [7, 11) is 0. The second-order valence-corrected chi connectivity index (χ2v) is 5.41. The summed E-state index contributed by atoms with van der Waals surface area (Å²) in [6.45, 7) is 4.74. The quantitative estimate of drug-likeness (QED) is 0.658. The number of piperidine rings is 1. The van der Waals surface area contributed by atoms with Crippen LogP contribution < -0.4 is 5.73 Å². The third-order valence-electron chi connectivity index (χ3n) is 3.95. The molecule has 0 radical (unpaired) electrons. The van der Waals surface area contributed by atoms with Crippen LogP contribution in [0, 0.1) is 23.0 Å². The van der Waals surface area contributed by atoms with Crippen molar-refractivity contribution in [2.24, 2.45) is 11.7 Å². The van der Waals surface area contributed by atoms with Gasteiger partial charge >= 0.3 is 0 Å². The molecule has 2 N–H and O–H groups in total. The SMILES string of the molecule is Cc1cccc(C(=O)N2CCC(C)C(N)C2)c1[N+](=O)[O-]. The van der Waals surface area contributed by atoms with E-state index in [1.54, 1.807) is 24.0 Å². The van der Waals surface area contributed by atoms with Crippen molar-refractivity contribution in [1.29, 1.82) is 0 Å². The van der Waals surface area contributed by atoms with E-state index in [1.165, 1.54) is 6.07 Å². The van der Waals surface area contributed by atoms with Crippen LogP contribution in [0.25, 0.3) is 0 Å². The van der Waals surface area contributed by atoms with Gasteiger partial charge < -0.3 is 10.6 Å². The molecule has 2 unspecified atom stereocenters. The number of likely N-dealkylation sites (tertiary alicyclic amines) is 1. The molecule has 1 heterocycles. The zero-order chi connectivity index (χ0) is 14.9. The highest BCUT2D eigenvalue weighted by Crippen LogP contribution is 2.26. The first kappa shape index (κ1) is 14.5. The Hall–Kier alpha value is -1.95. The zero-order valence-electron chi connectivity index (χ0n) is 11.7. The molecule has 1 saturated heterocycles. The molecule has 6 heteroatoms. The zero-order valence-corrected chi connectivity index (χ0v) is 11.7. The predicted octanol–water partition coefficient (Wildman–Crippen LogP) is 1.71. The maximum absolute atomic E-state index is 12.5. The summed E-state index contributed by atoms with van der Waals surface area (Å²) in [4.78, 5) is 24.8. The van der Waals surface area contributed by atoms with Crippen molar-refractivity contribution in [1.82, 2.24) is 4.90 Å². The second kappa shape index (κ2) is 5.58. The normalized spacial score (nSPS) is 22.6. The molecule has 1 fully saturated rings. The number of aryl methyl sites for hydroxylation is 1. The van der Waals surface area contributed by atoms with Crippen LogP contribution >= 0.6 is 0 Å². The third kappa shape index (κ3) is 2.65. The second-order valence-electron chi connectivity index (χ2n) is 5.41. The molecule has 1 aromatic rings. The summed E-state index contributed by atoms with van der Waals surface area (Å²) in [5.74, 6) is 0.0642. The minimum Gasteiger partial charge on any atom is -0.337 e. The molecule has 1 aliphatic heterocycles. The maximum Gasteiger partial charge on any atom is 0.285 e. The Labute approximate surface area is 117 Å². The van der Waals surface area contributed by atoms with Crippen LogP contribution in [0.3, 0.4) is 0 Å². The molecule has 0 aromatic heterocycles. The summed E-state index contributed by atoms with van der Waals surface area (Å²) >= 11 is 0.